The minimum atomic E-state index is 0. The van der Waals surface area contributed by atoms with Crippen molar-refractivity contribution in [2.75, 3.05) is 136 Å². The van der Waals surface area contributed by atoms with E-state index in [-0.39, 0.29) is 67.9 Å². The number of rotatable bonds is 36. The molecule has 0 aliphatic carbocycles. The lowest BCUT2D eigenvalue weighted by molar-refractivity contribution is -0.906. The van der Waals surface area contributed by atoms with Gasteiger partial charge in [-0.25, -0.2) is 9.97 Å². The zero-order valence-electron chi connectivity index (χ0n) is 71.7. The Bertz CT molecular complexity index is 5560. The van der Waals surface area contributed by atoms with E-state index in [9.17, 15) is 0 Å². The van der Waals surface area contributed by atoms with Crippen LogP contribution in [-0.4, -0.2) is 174 Å². The van der Waals surface area contributed by atoms with Gasteiger partial charge in [0.15, 0.2) is 0 Å². The average molecular weight is 1840 g/mol. The molecule has 622 valence electrons. The van der Waals surface area contributed by atoms with Gasteiger partial charge in [-0.3, -0.25) is 0 Å². The van der Waals surface area contributed by atoms with Crippen molar-refractivity contribution < 1.29 is 105 Å². The van der Waals surface area contributed by atoms with Gasteiger partial charge in [-0.2, -0.15) is 0 Å². The molecule has 2 aliphatic rings. The van der Waals surface area contributed by atoms with Crippen molar-refractivity contribution in [3.8, 4) is 90.3 Å². The lowest BCUT2D eigenvalue weighted by Crippen LogP contribution is -3.00. The van der Waals surface area contributed by atoms with E-state index >= 15 is 0 Å². The number of ether oxygens (including phenoxy) is 4. The van der Waals surface area contributed by atoms with E-state index < -0.39 is 0 Å². The standard InChI is InChI=1S/C102H122N8O4.4BrH/c1-13-110(12,14-2)50-34-18-22-38-54-114-84-58-80(57-83(68-84)113-53-37-21-17-33-49-109(9,10)11)98-101-91-65-77-45-29-25-41-73(77)61-87(91)95(105-101)69-93-85-59-71-39-23-27-43-75(71)63-89(85)99(103-93)97(79-55-81(111-51-35-19-15-31-47-107(3,4)5)67-82(56-79)112-52-36-20-16-32-48-108(6,7)8)100-90-64-76-44-28-24-40-72(76)60-86(90)94(104-100)70-96-88-62-74-42-26-30-46-78(74)66-92(88)102(98)106-96;;;;/h23-30,39-46,55-70,103,106H,13-22,31-38,47-54H2,1-12H3;4*1H/q+4;;;;/p-4. The second-order valence-corrected chi connectivity index (χ2v) is 36.0. The Kier molecular flexibility index (Phi) is 30.7. The molecule has 16 heteroatoms. The van der Waals surface area contributed by atoms with Crippen LogP contribution in [-0.2, 0) is 0 Å². The maximum absolute atomic E-state index is 7.06. The second-order valence-electron chi connectivity index (χ2n) is 36.0. The molecule has 0 unspecified atom stereocenters. The van der Waals surface area contributed by atoms with Gasteiger partial charge in [0, 0.05) is 78.1 Å². The quantitative estimate of drug-likeness (QED) is 0.0300. The summed E-state index contributed by atoms with van der Waals surface area (Å²) in [5.74, 6) is 3.11. The molecule has 8 bridgehead atoms. The Hall–Kier alpha value is -8.16. The molecule has 0 radical (unpaired) electrons. The third-order valence-corrected chi connectivity index (χ3v) is 23.9. The number of hydrogen-bond acceptors (Lipinski definition) is 6. The van der Waals surface area contributed by atoms with Crippen LogP contribution in [0.5, 0.6) is 23.0 Å². The maximum atomic E-state index is 7.06. The van der Waals surface area contributed by atoms with E-state index in [1.165, 1.54) is 38.6 Å². The number of fused-ring (bicyclic) bond motifs is 24. The summed E-state index contributed by atoms with van der Waals surface area (Å²) in [7, 11) is 22.9. The molecule has 118 heavy (non-hydrogen) atoms. The Morgan fingerprint density at radius 1 is 0.280 bits per heavy atom. The maximum Gasteiger partial charge on any atom is 0.123 e. The van der Waals surface area contributed by atoms with Crippen LogP contribution in [0.25, 0.3) is 154 Å². The predicted molar refractivity (Wildman–Crippen MR) is 482 cm³/mol. The highest BCUT2D eigenvalue weighted by molar-refractivity contribution is 6.21. The van der Waals surface area contributed by atoms with Crippen LogP contribution in [0.1, 0.15) is 117 Å². The number of unbranched alkanes of at least 4 members (excludes halogenated alkanes) is 12. The van der Waals surface area contributed by atoms with E-state index in [0.29, 0.717) is 26.4 Å². The van der Waals surface area contributed by atoms with E-state index in [1.54, 1.807) is 0 Å². The van der Waals surface area contributed by atoms with Crippen LogP contribution < -0.4 is 86.9 Å². The zero-order valence-corrected chi connectivity index (χ0v) is 78.0. The molecule has 5 heterocycles. The number of halogens is 4. The number of aromatic amines is 2. The van der Waals surface area contributed by atoms with Gasteiger partial charge in [0.25, 0.3) is 0 Å². The molecular formula is C102H122Br4N8O4. The van der Waals surface area contributed by atoms with Gasteiger partial charge in [0.1, 0.15) is 23.0 Å². The number of nitrogens with one attached hydrogen (secondary N) is 2. The number of nitrogens with zero attached hydrogens (tertiary/aromatic N) is 6. The number of aromatic nitrogens is 4. The van der Waals surface area contributed by atoms with Crippen LogP contribution in [0.3, 0.4) is 0 Å². The highest BCUT2D eigenvalue weighted by atomic mass is 79.9. The van der Waals surface area contributed by atoms with Crippen LogP contribution in [0.2, 0.25) is 0 Å². The van der Waals surface area contributed by atoms with Crippen molar-refractivity contribution >= 4 is 86.7 Å². The molecule has 0 atom stereocenters. The van der Waals surface area contributed by atoms with Crippen LogP contribution in [0.15, 0.2) is 194 Å². The minimum Gasteiger partial charge on any atom is -1.00 e. The van der Waals surface area contributed by atoms with Gasteiger partial charge in [0.2, 0.25) is 0 Å². The smallest absolute Gasteiger partial charge is 0.123 e. The fourth-order valence-corrected chi connectivity index (χ4v) is 17.1. The lowest BCUT2D eigenvalue weighted by Gasteiger charge is -2.32. The first-order chi connectivity index (χ1) is 55.1. The third-order valence-electron chi connectivity index (χ3n) is 23.9. The van der Waals surface area contributed by atoms with Crippen molar-refractivity contribution in [2.24, 2.45) is 0 Å². The third kappa shape index (κ3) is 21.8. The van der Waals surface area contributed by atoms with Gasteiger partial charge in [0.05, 0.1) is 170 Å². The molecule has 2 aliphatic heterocycles. The number of H-pyrrole nitrogens is 2. The minimum absolute atomic E-state index is 0. The highest BCUT2D eigenvalue weighted by Gasteiger charge is 2.29. The summed E-state index contributed by atoms with van der Waals surface area (Å²) in [5.41, 5.74) is 15.2. The Morgan fingerprint density at radius 3 is 0.831 bits per heavy atom. The van der Waals surface area contributed by atoms with Gasteiger partial charge in [-0.15, -0.1) is 0 Å². The number of quaternary nitrogens is 4. The molecule has 13 aromatic rings. The Morgan fingerprint density at radius 2 is 0.542 bits per heavy atom. The first kappa shape index (κ1) is 90.6. The van der Waals surface area contributed by atoms with E-state index in [4.69, 9.17) is 28.9 Å². The fourth-order valence-electron chi connectivity index (χ4n) is 17.1. The molecule has 2 N–H and O–H groups in total. The first-order valence-corrected chi connectivity index (χ1v) is 42.7. The molecule has 15 rings (SSSR count). The van der Waals surface area contributed by atoms with Crippen LogP contribution >= 0.6 is 0 Å². The molecule has 0 fully saturated rings. The van der Waals surface area contributed by atoms with Crippen molar-refractivity contribution in [3.05, 3.63) is 194 Å². The summed E-state index contributed by atoms with van der Waals surface area (Å²) in [6.45, 7) is 14.0. The topological polar surface area (TPSA) is 94.3 Å². The van der Waals surface area contributed by atoms with Gasteiger partial charge in [-0.1, -0.05) is 97.1 Å². The van der Waals surface area contributed by atoms with E-state index in [2.05, 4.69) is 288 Å². The van der Waals surface area contributed by atoms with Crippen molar-refractivity contribution in [1.82, 2.24) is 19.9 Å². The summed E-state index contributed by atoms with van der Waals surface area (Å²) in [6, 6.07) is 72.0. The fraction of sp³-hybridized carbons (Fsp3) is 0.373. The Balaban J connectivity index is 0.00000341. The van der Waals surface area contributed by atoms with Gasteiger partial charge in [-0.05, 0) is 256 Å². The second kappa shape index (κ2) is 40.0. The lowest BCUT2D eigenvalue weighted by atomic mass is 9.93. The first-order valence-electron chi connectivity index (χ1n) is 42.7. The summed E-state index contributed by atoms with van der Waals surface area (Å²) in [4.78, 5) is 20.9. The normalized spacial score (nSPS) is 12.2. The van der Waals surface area contributed by atoms with Crippen LogP contribution in [0.4, 0.5) is 0 Å². The SMILES string of the molecule is CC[N+](C)(CC)CCCCCCOc1cc(OCCCCCC[N+](C)(C)C)cc(-c2c3nc(cc4[nH]c(c(-c5cc(OCCCCCC[N+](C)(C)C)cc(OCCCCCC[N+](C)(C)C)c5)c5nc(cc6[nH]c2c2cc7ccccc7cc62)-c2cc6ccccc6cc2-5)c2cc5ccccc5cc42)-c2cc4ccccc4cc2-3)c1.[Br-].[Br-].[Br-].[Br-]. The molecule has 12 nitrogen and oxygen atoms in total. The number of hydrogen-bond donors (Lipinski definition) is 2. The van der Waals surface area contributed by atoms with Gasteiger partial charge < -0.3 is 115 Å². The molecule has 10 aromatic carbocycles. The number of benzene rings is 10. The molecule has 0 spiro atoms. The van der Waals surface area contributed by atoms with Gasteiger partial charge >= 0.3 is 0 Å². The molecule has 0 amide bonds. The van der Waals surface area contributed by atoms with Crippen molar-refractivity contribution in [2.45, 2.75) is 117 Å². The predicted octanol–water partition coefficient (Wildman–Crippen LogP) is 12.6. The molecule has 3 aromatic heterocycles. The zero-order chi connectivity index (χ0) is 79.1. The highest BCUT2D eigenvalue weighted by Crippen LogP contribution is 2.51. The van der Waals surface area contributed by atoms with E-state index in [0.717, 1.165) is 298 Å². The van der Waals surface area contributed by atoms with Crippen LogP contribution in [0, 0.1) is 0 Å². The summed E-state index contributed by atoms with van der Waals surface area (Å²) in [5, 5.41) is 13.4. The van der Waals surface area contributed by atoms with E-state index in [1.807, 2.05) is 0 Å². The summed E-state index contributed by atoms with van der Waals surface area (Å²) >= 11 is 0. The summed E-state index contributed by atoms with van der Waals surface area (Å²) in [6.07, 6.45) is 17.6. The molecule has 0 saturated carbocycles. The average Bonchev–Trinajstić information content (AvgIpc) is 1.56. The largest absolute Gasteiger partial charge is 1.00 e. The Labute approximate surface area is 742 Å². The molecular weight excluding hydrogens is 1720 g/mol. The van der Waals surface area contributed by atoms with Crippen molar-refractivity contribution in [1.29, 1.82) is 0 Å². The van der Waals surface area contributed by atoms with Crippen molar-refractivity contribution in [3.63, 3.8) is 0 Å². The molecule has 0 saturated heterocycles. The monoisotopic (exact) mass is 1840 g/mol. The summed E-state index contributed by atoms with van der Waals surface area (Å²) < 4.78 is 32.2.